The Hall–Kier alpha value is -0.720. The van der Waals surface area contributed by atoms with E-state index in [0.717, 1.165) is 18.1 Å². The van der Waals surface area contributed by atoms with Crippen LogP contribution in [0.15, 0.2) is 24.0 Å². The molecule has 0 amide bonds. The van der Waals surface area contributed by atoms with Crippen LogP contribution in [0.4, 0.5) is 0 Å². The van der Waals surface area contributed by atoms with E-state index in [4.69, 9.17) is 4.74 Å². The van der Waals surface area contributed by atoms with E-state index in [2.05, 4.69) is 66.7 Å². The van der Waals surface area contributed by atoms with Gasteiger partial charge in [0.15, 0.2) is 0 Å². The minimum absolute atomic E-state index is 0.104. The van der Waals surface area contributed by atoms with E-state index in [1.165, 1.54) is 6.42 Å². The Morgan fingerprint density at radius 2 is 1.89 bits per heavy atom. The van der Waals surface area contributed by atoms with E-state index in [-0.39, 0.29) is 11.0 Å². The number of allylic oxidation sites excluding steroid dienone is 3. The zero-order valence-electron chi connectivity index (χ0n) is 13.2. The first-order valence-corrected chi connectivity index (χ1v) is 7.21. The lowest BCUT2D eigenvalue weighted by Crippen LogP contribution is -2.27. The predicted molar refractivity (Wildman–Crippen MR) is 79.4 cm³/mol. The van der Waals surface area contributed by atoms with Gasteiger partial charge in [0.1, 0.15) is 11.4 Å². The van der Waals surface area contributed by atoms with Crippen molar-refractivity contribution in [1.82, 2.24) is 0 Å². The Balaban J connectivity index is 2.64. The van der Waals surface area contributed by atoms with Gasteiger partial charge in [-0.15, -0.1) is 0 Å². The zero-order valence-corrected chi connectivity index (χ0v) is 13.2. The van der Waals surface area contributed by atoms with Crippen molar-refractivity contribution in [2.45, 2.75) is 66.9 Å². The van der Waals surface area contributed by atoms with Crippen molar-refractivity contribution in [3.63, 3.8) is 0 Å². The number of hydrogen-bond acceptors (Lipinski definition) is 1. The number of ether oxygens (including phenoxy) is 1. The predicted octanol–water partition coefficient (Wildman–Crippen LogP) is 5.33. The SMILES string of the molecule is CC(C)CC(C)C1(C)C=CC(OC(C)(C)C)=CC1. The van der Waals surface area contributed by atoms with Crippen LogP contribution in [0.3, 0.4) is 0 Å². The number of hydrogen-bond donors (Lipinski definition) is 0. The van der Waals surface area contributed by atoms with Crippen molar-refractivity contribution >= 4 is 0 Å². The summed E-state index contributed by atoms with van der Waals surface area (Å²) in [7, 11) is 0. The molecule has 0 bridgehead atoms. The molecule has 1 heteroatoms. The van der Waals surface area contributed by atoms with Crippen LogP contribution in [-0.2, 0) is 4.74 Å². The molecule has 2 unspecified atom stereocenters. The van der Waals surface area contributed by atoms with E-state index in [1.54, 1.807) is 0 Å². The number of rotatable bonds is 4. The molecular weight excluding hydrogens is 220 g/mol. The van der Waals surface area contributed by atoms with Gasteiger partial charge in [-0.2, -0.15) is 0 Å². The summed E-state index contributed by atoms with van der Waals surface area (Å²) < 4.78 is 5.91. The first kappa shape index (κ1) is 15.3. The smallest absolute Gasteiger partial charge is 0.115 e. The van der Waals surface area contributed by atoms with Crippen LogP contribution in [0.5, 0.6) is 0 Å². The minimum Gasteiger partial charge on any atom is -0.489 e. The zero-order chi connectivity index (χ0) is 14.0. The normalized spacial score (nSPS) is 26.1. The molecule has 0 aliphatic heterocycles. The third kappa shape index (κ3) is 4.51. The average molecular weight is 250 g/mol. The van der Waals surface area contributed by atoms with Crippen molar-refractivity contribution < 1.29 is 4.74 Å². The molecule has 1 aliphatic rings. The molecule has 0 radical (unpaired) electrons. The van der Waals surface area contributed by atoms with Crippen LogP contribution in [0.25, 0.3) is 0 Å². The van der Waals surface area contributed by atoms with Gasteiger partial charge in [0.25, 0.3) is 0 Å². The fourth-order valence-corrected chi connectivity index (χ4v) is 2.50. The molecule has 2 atom stereocenters. The van der Waals surface area contributed by atoms with E-state index >= 15 is 0 Å². The molecule has 0 N–H and O–H groups in total. The van der Waals surface area contributed by atoms with Crippen LogP contribution >= 0.6 is 0 Å². The molecule has 1 rings (SSSR count). The molecule has 0 spiro atoms. The molecule has 0 aromatic rings. The van der Waals surface area contributed by atoms with Crippen LogP contribution in [0.1, 0.15) is 61.3 Å². The first-order chi connectivity index (χ1) is 8.12. The minimum atomic E-state index is -0.104. The maximum Gasteiger partial charge on any atom is 0.115 e. The molecule has 1 nitrogen and oxygen atoms in total. The second kappa shape index (κ2) is 5.50. The fraction of sp³-hybridized carbons (Fsp3) is 0.765. The Bertz CT molecular complexity index is 330. The van der Waals surface area contributed by atoms with Crippen molar-refractivity contribution in [2.75, 3.05) is 0 Å². The lowest BCUT2D eigenvalue weighted by Gasteiger charge is -2.36. The highest BCUT2D eigenvalue weighted by molar-refractivity contribution is 5.22. The molecule has 0 saturated carbocycles. The summed E-state index contributed by atoms with van der Waals surface area (Å²) in [6.45, 7) is 15.6. The van der Waals surface area contributed by atoms with Gasteiger partial charge in [-0.1, -0.05) is 33.8 Å². The lowest BCUT2D eigenvalue weighted by atomic mass is 9.70. The van der Waals surface area contributed by atoms with Crippen LogP contribution in [0.2, 0.25) is 0 Å². The van der Waals surface area contributed by atoms with E-state index in [9.17, 15) is 0 Å². The van der Waals surface area contributed by atoms with Crippen molar-refractivity contribution in [3.8, 4) is 0 Å². The summed E-state index contributed by atoms with van der Waals surface area (Å²) in [5.74, 6) is 2.50. The van der Waals surface area contributed by atoms with Gasteiger partial charge in [-0.05, 0) is 63.0 Å². The summed E-state index contributed by atoms with van der Waals surface area (Å²) in [4.78, 5) is 0. The van der Waals surface area contributed by atoms with Crippen molar-refractivity contribution in [3.05, 3.63) is 24.0 Å². The largest absolute Gasteiger partial charge is 0.489 e. The molecule has 18 heavy (non-hydrogen) atoms. The van der Waals surface area contributed by atoms with E-state index in [0.29, 0.717) is 5.92 Å². The van der Waals surface area contributed by atoms with Crippen LogP contribution in [-0.4, -0.2) is 5.60 Å². The highest BCUT2D eigenvalue weighted by Crippen LogP contribution is 2.40. The van der Waals surface area contributed by atoms with Crippen LogP contribution < -0.4 is 0 Å². The van der Waals surface area contributed by atoms with E-state index < -0.39 is 0 Å². The monoisotopic (exact) mass is 250 g/mol. The summed E-state index contributed by atoms with van der Waals surface area (Å²) in [6, 6.07) is 0. The molecule has 0 aromatic heterocycles. The van der Waals surface area contributed by atoms with Gasteiger partial charge in [0.05, 0.1) is 0 Å². The fourth-order valence-electron chi connectivity index (χ4n) is 2.50. The Morgan fingerprint density at radius 1 is 1.28 bits per heavy atom. The third-order valence-corrected chi connectivity index (χ3v) is 3.75. The third-order valence-electron chi connectivity index (χ3n) is 3.75. The molecule has 0 saturated heterocycles. The van der Waals surface area contributed by atoms with Crippen LogP contribution in [0, 0.1) is 17.3 Å². The summed E-state index contributed by atoms with van der Waals surface area (Å²) in [5.41, 5.74) is 0.183. The van der Waals surface area contributed by atoms with Gasteiger partial charge >= 0.3 is 0 Å². The van der Waals surface area contributed by atoms with Crippen molar-refractivity contribution in [1.29, 1.82) is 0 Å². The Morgan fingerprint density at radius 3 is 2.28 bits per heavy atom. The van der Waals surface area contributed by atoms with Gasteiger partial charge in [0, 0.05) is 0 Å². The van der Waals surface area contributed by atoms with E-state index in [1.807, 2.05) is 0 Å². The summed E-state index contributed by atoms with van der Waals surface area (Å²) in [5, 5.41) is 0. The summed E-state index contributed by atoms with van der Waals surface area (Å²) >= 11 is 0. The maximum atomic E-state index is 5.91. The van der Waals surface area contributed by atoms with Gasteiger partial charge in [-0.3, -0.25) is 0 Å². The quantitative estimate of drug-likeness (QED) is 0.655. The first-order valence-electron chi connectivity index (χ1n) is 7.21. The topological polar surface area (TPSA) is 9.23 Å². The van der Waals surface area contributed by atoms with Gasteiger partial charge in [0.2, 0.25) is 0 Å². The average Bonchev–Trinajstić information content (AvgIpc) is 2.19. The molecule has 1 aliphatic carbocycles. The van der Waals surface area contributed by atoms with Crippen molar-refractivity contribution in [2.24, 2.45) is 17.3 Å². The maximum absolute atomic E-state index is 5.91. The Labute approximate surface area is 113 Å². The standard InChI is InChI=1S/C17H30O/c1-13(2)12-14(3)17(7)10-8-15(9-11-17)18-16(4,5)6/h8-10,13-14H,11-12H2,1-7H3. The molecular formula is C17H30O. The Kier molecular flexibility index (Phi) is 4.69. The highest BCUT2D eigenvalue weighted by Gasteiger charge is 2.30. The molecule has 104 valence electrons. The summed E-state index contributed by atoms with van der Waals surface area (Å²) in [6.07, 6.45) is 9.13. The molecule has 0 fully saturated rings. The molecule has 0 aromatic carbocycles. The van der Waals surface area contributed by atoms with Gasteiger partial charge in [-0.25, -0.2) is 0 Å². The highest BCUT2D eigenvalue weighted by atomic mass is 16.5. The second-order valence-electron chi connectivity index (χ2n) is 7.39. The second-order valence-corrected chi connectivity index (χ2v) is 7.39. The molecule has 0 heterocycles. The lowest BCUT2D eigenvalue weighted by molar-refractivity contribution is 0.0567. The van der Waals surface area contributed by atoms with Gasteiger partial charge < -0.3 is 4.74 Å².